The maximum Gasteiger partial charge on any atom is 0.338 e. The van der Waals surface area contributed by atoms with Crippen molar-refractivity contribution in [2.24, 2.45) is 0 Å². The number of anilines is 1. The normalized spacial score (nSPS) is 10.0. The Bertz CT molecular complexity index is 752. The number of aryl methyl sites for hydroxylation is 1. The number of ketones is 1. The second-order valence-corrected chi connectivity index (χ2v) is 5.08. The molecule has 2 aromatic carbocycles. The number of hydrogen-bond acceptors (Lipinski definition) is 4. The molecule has 0 aromatic heterocycles. The summed E-state index contributed by atoms with van der Waals surface area (Å²) < 4.78 is 4.97. The molecular formula is C18H17NO4. The molecule has 5 heteroatoms. The van der Waals surface area contributed by atoms with Gasteiger partial charge < -0.3 is 10.1 Å². The summed E-state index contributed by atoms with van der Waals surface area (Å²) in [6.07, 6.45) is 0. The summed E-state index contributed by atoms with van der Waals surface area (Å²) in [5.74, 6) is -1.21. The Balaban J connectivity index is 1.94. The lowest BCUT2D eigenvalue weighted by Gasteiger charge is -2.09. The highest BCUT2D eigenvalue weighted by atomic mass is 16.5. The molecule has 0 fully saturated rings. The second-order valence-electron chi connectivity index (χ2n) is 5.08. The van der Waals surface area contributed by atoms with Gasteiger partial charge in [-0.05, 0) is 37.6 Å². The van der Waals surface area contributed by atoms with E-state index in [0.717, 1.165) is 5.56 Å². The molecule has 0 aliphatic rings. The van der Waals surface area contributed by atoms with E-state index in [1.54, 1.807) is 18.2 Å². The molecule has 0 saturated carbocycles. The van der Waals surface area contributed by atoms with Gasteiger partial charge in [0.05, 0.1) is 5.56 Å². The molecule has 0 spiro atoms. The number of carbonyl (C=O) groups excluding carboxylic acids is 3. The first-order chi connectivity index (χ1) is 11.0. The summed E-state index contributed by atoms with van der Waals surface area (Å²) in [4.78, 5) is 35.1. The highest BCUT2D eigenvalue weighted by Gasteiger charge is 2.12. The molecule has 0 radical (unpaired) electrons. The van der Waals surface area contributed by atoms with E-state index in [0.29, 0.717) is 11.3 Å². The minimum Gasteiger partial charge on any atom is -0.452 e. The first-order valence-electron chi connectivity index (χ1n) is 7.11. The van der Waals surface area contributed by atoms with E-state index in [1.807, 2.05) is 25.1 Å². The lowest BCUT2D eigenvalue weighted by Crippen LogP contribution is -2.21. The van der Waals surface area contributed by atoms with Crippen molar-refractivity contribution in [2.45, 2.75) is 13.8 Å². The fourth-order valence-electron chi connectivity index (χ4n) is 1.98. The van der Waals surface area contributed by atoms with Crippen LogP contribution in [0.2, 0.25) is 0 Å². The SMILES string of the molecule is CC(=O)c1cccc(C(=O)OCC(=O)Nc2ccccc2C)c1. The summed E-state index contributed by atoms with van der Waals surface area (Å²) in [5.41, 5.74) is 2.25. The van der Waals surface area contributed by atoms with Crippen LogP contribution in [0.1, 0.15) is 33.2 Å². The average molecular weight is 311 g/mol. The topological polar surface area (TPSA) is 72.5 Å². The third-order valence-electron chi connectivity index (χ3n) is 3.26. The Kier molecular flexibility index (Phi) is 5.25. The zero-order chi connectivity index (χ0) is 16.8. The quantitative estimate of drug-likeness (QED) is 0.680. The van der Waals surface area contributed by atoms with Crippen molar-refractivity contribution in [3.63, 3.8) is 0 Å². The first kappa shape index (κ1) is 16.4. The number of carbonyl (C=O) groups is 3. The van der Waals surface area contributed by atoms with Crippen LogP contribution < -0.4 is 5.32 Å². The molecule has 1 N–H and O–H groups in total. The molecule has 23 heavy (non-hydrogen) atoms. The zero-order valence-electron chi connectivity index (χ0n) is 13.0. The number of hydrogen-bond donors (Lipinski definition) is 1. The molecular weight excluding hydrogens is 294 g/mol. The average Bonchev–Trinajstić information content (AvgIpc) is 2.55. The van der Waals surface area contributed by atoms with Crippen LogP contribution >= 0.6 is 0 Å². The van der Waals surface area contributed by atoms with Gasteiger partial charge in [0.15, 0.2) is 12.4 Å². The van der Waals surface area contributed by atoms with Gasteiger partial charge in [0.1, 0.15) is 0 Å². The molecule has 0 aliphatic carbocycles. The van der Waals surface area contributed by atoms with E-state index in [1.165, 1.54) is 19.1 Å². The molecule has 2 rings (SSSR count). The predicted octanol–water partition coefficient (Wildman–Crippen LogP) is 2.99. The van der Waals surface area contributed by atoms with E-state index >= 15 is 0 Å². The number of nitrogens with one attached hydrogen (secondary N) is 1. The van der Waals surface area contributed by atoms with Gasteiger partial charge in [-0.2, -0.15) is 0 Å². The van der Waals surface area contributed by atoms with E-state index in [2.05, 4.69) is 5.32 Å². The van der Waals surface area contributed by atoms with Gasteiger partial charge in [-0.15, -0.1) is 0 Å². The van der Waals surface area contributed by atoms with Crippen molar-refractivity contribution in [3.8, 4) is 0 Å². The molecule has 0 unspecified atom stereocenters. The Morgan fingerprint density at radius 1 is 1.00 bits per heavy atom. The maximum atomic E-state index is 11.9. The molecule has 0 heterocycles. The maximum absolute atomic E-state index is 11.9. The van der Waals surface area contributed by atoms with Gasteiger partial charge in [0, 0.05) is 11.3 Å². The Hall–Kier alpha value is -2.95. The third-order valence-corrected chi connectivity index (χ3v) is 3.26. The molecule has 1 amide bonds. The van der Waals surface area contributed by atoms with E-state index in [9.17, 15) is 14.4 Å². The van der Waals surface area contributed by atoms with Gasteiger partial charge in [0.2, 0.25) is 0 Å². The molecule has 0 aliphatic heterocycles. The molecule has 0 saturated heterocycles. The number of benzene rings is 2. The summed E-state index contributed by atoms with van der Waals surface area (Å²) >= 11 is 0. The number of Topliss-reactive ketones (excluding diaryl/α,β-unsaturated/α-hetero) is 1. The third kappa shape index (κ3) is 4.51. The van der Waals surface area contributed by atoms with Crippen molar-refractivity contribution in [2.75, 3.05) is 11.9 Å². The fraction of sp³-hybridized carbons (Fsp3) is 0.167. The van der Waals surface area contributed by atoms with Crippen LogP contribution in [0.15, 0.2) is 48.5 Å². The van der Waals surface area contributed by atoms with Crippen LogP contribution in [-0.4, -0.2) is 24.3 Å². The fourth-order valence-corrected chi connectivity index (χ4v) is 1.98. The standard InChI is InChI=1S/C18H17NO4/c1-12-6-3-4-9-16(12)19-17(21)11-23-18(22)15-8-5-7-14(10-15)13(2)20/h3-10H,11H2,1-2H3,(H,19,21). The van der Waals surface area contributed by atoms with Crippen LogP contribution in [0, 0.1) is 6.92 Å². The van der Waals surface area contributed by atoms with Crippen molar-refractivity contribution in [3.05, 3.63) is 65.2 Å². The van der Waals surface area contributed by atoms with Crippen LogP contribution in [-0.2, 0) is 9.53 Å². The summed E-state index contributed by atoms with van der Waals surface area (Å²) in [6, 6.07) is 13.5. The summed E-state index contributed by atoms with van der Waals surface area (Å²) in [5, 5.41) is 2.68. The largest absolute Gasteiger partial charge is 0.452 e. The predicted molar refractivity (Wildman–Crippen MR) is 86.5 cm³/mol. The minimum absolute atomic E-state index is 0.142. The molecule has 0 bridgehead atoms. The van der Waals surface area contributed by atoms with Gasteiger partial charge in [0.25, 0.3) is 5.91 Å². The number of rotatable bonds is 5. The van der Waals surface area contributed by atoms with Gasteiger partial charge in [-0.25, -0.2) is 4.79 Å². The highest BCUT2D eigenvalue weighted by molar-refractivity contribution is 5.99. The number of para-hydroxylation sites is 1. The van der Waals surface area contributed by atoms with Crippen molar-refractivity contribution < 1.29 is 19.1 Å². The number of amides is 1. The number of esters is 1. The summed E-state index contributed by atoms with van der Waals surface area (Å²) in [6.45, 7) is 2.90. The van der Waals surface area contributed by atoms with Crippen LogP contribution in [0.5, 0.6) is 0 Å². The lowest BCUT2D eigenvalue weighted by molar-refractivity contribution is -0.119. The summed E-state index contributed by atoms with van der Waals surface area (Å²) in [7, 11) is 0. The highest BCUT2D eigenvalue weighted by Crippen LogP contribution is 2.13. The molecule has 2 aromatic rings. The van der Waals surface area contributed by atoms with Crippen LogP contribution in [0.3, 0.4) is 0 Å². The van der Waals surface area contributed by atoms with Crippen molar-refractivity contribution in [1.29, 1.82) is 0 Å². The van der Waals surface area contributed by atoms with Gasteiger partial charge in [-0.3, -0.25) is 9.59 Å². The first-order valence-corrected chi connectivity index (χ1v) is 7.11. The Morgan fingerprint density at radius 3 is 2.39 bits per heavy atom. The van der Waals surface area contributed by atoms with Gasteiger partial charge in [-0.1, -0.05) is 30.3 Å². The van der Waals surface area contributed by atoms with E-state index < -0.39 is 18.5 Å². The van der Waals surface area contributed by atoms with E-state index in [4.69, 9.17) is 4.74 Å². The van der Waals surface area contributed by atoms with Gasteiger partial charge >= 0.3 is 5.97 Å². The van der Waals surface area contributed by atoms with E-state index in [-0.39, 0.29) is 11.3 Å². The zero-order valence-corrected chi connectivity index (χ0v) is 13.0. The Labute approximate surface area is 134 Å². The minimum atomic E-state index is -0.645. The van der Waals surface area contributed by atoms with Crippen molar-refractivity contribution in [1.82, 2.24) is 0 Å². The number of ether oxygens (including phenoxy) is 1. The van der Waals surface area contributed by atoms with Crippen LogP contribution in [0.25, 0.3) is 0 Å². The lowest BCUT2D eigenvalue weighted by atomic mass is 10.1. The molecule has 5 nitrogen and oxygen atoms in total. The van der Waals surface area contributed by atoms with Crippen LogP contribution in [0.4, 0.5) is 5.69 Å². The smallest absolute Gasteiger partial charge is 0.338 e. The monoisotopic (exact) mass is 311 g/mol. The Morgan fingerprint density at radius 2 is 1.70 bits per heavy atom. The molecule has 118 valence electrons. The second kappa shape index (κ2) is 7.35. The molecule has 0 atom stereocenters. The van der Waals surface area contributed by atoms with Crippen molar-refractivity contribution >= 4 is 23.3 Å².